The number of nitrogens with zero attached hydrogens (tertiary/aromatic N) is 2. The van der Waals surface area contributed by atoms with Crippen molar-refractivity contribution in [3.63, 3.8) is 0 Å². The zero-order chi connectivity index (χ0) is 13.4. The van der Waals surface area contributed by atoms with Gasteiger partial charge in [0.15, 0.2) is 0 Å². The van der Waals surface area contributed by atoms with E-state index in [0.29, 0.717) is 24.2 Å². The predicted octanol–water partition coefficient (Wildman–Crippen LogP) is 1.68. The maximum absolute atomic E-state index is 6.00. The molecular weight excluding hydrogens is 238 g/mol. The van der Waals surface area contributed by atoms with Gasteiger partial charge in [0.05, 0.1) is 17.9 Å². The van der Waals surface area contributed by atoms with Gasteiger partial charge in [-0.3, -0.25) is 4.68 Å². The van der Waals surface area contributed by atoms with E-state index in [1.807, 2.05) is 4.68 Å². The average Bonchev–Trinajstić information content (AvgIpc) is 3.11. The van der Waals surface area contributed by atoms with E-state index in [9.17, 15) is 0 Å². The summed E-state index contributed by atoms with van der Waals surface area (Å²) in [5, 5.41) is 8.06. The Kier molecular flexibility index (Phi) is 3.63. The lowest BCUT2D eigenvalue weighted by Crippen LogP contribution is -2.40. The summed E-state index contributed by atoms with van der Waals surface area (Å²) in [7, 11) is 4.13. The molecule has 2 aliphatic heterocycles. The predicted molar refractivity (Wildman–Crippen MR) is 75.1 cm³/mol. The van der Waals surface area contributed by atoms with Gasteiger partial charge in [-0.15, -0.1) is 0 Å². The van der Waals surface area contributed by atoms with Crippen LogP contribution in [0.3, 0.4) is 0 Å². The largest absolute Gasteiger partial charge is 0.375 e. The van der Waals surface area contributed by atoms with Gasteiger partial charge in [-0.2, -0.15) is 5.10 Å². The third-order valence-corrected chi connectivity index (χ3v) is 4.86. The second kappa shape index (κ2) is 5.25. The van der Waals surface area contributed by atoms with Gasteiger partial charge in [0.1, 0.15) is 0 Å². The van der Waals surface area contributed by atoms with Crippen LogP contribution in [0.15, 0.2) is 6.07 Å². The number of rotatable bonds is 5. The van der Waals surface area contributed by atoms with Crippen LogP contribution in [0.5, 0.6) is 0 Å². The first-order valence-electron chi connectivity index (χ1n) is 7.55. The molecule has 0 amide bonds. The molecule has 0 aromatic carbocycles. The zero-order valence-corrected chi connectivity index (χ0v) is 12.2. The van der Waals surface area contributed by atoms with Crippen molar-refractivity contribution in [2.24, 2.45) is 13.0 Å². The third-order valence-electron chi connectivity index (χ3n) is 4.86. The van der Waals surface area contributed by atoms with Crippen molar-refractivity contribution in [3.05, 3.63) is 17.5 Å². The SMILES string of the molecule is CCc1cc(CC(NC)C2CC3CCC2O3)n(C)n1. The molecule has 1 aromatic rings. The molecule has 1 aromatic heterocycles. The van der Waals surface area contributed by atoms with Crippen LogP contribution in [0, 0.1) is 5.92 Å². The van der Waals surface area contributed by atoms with Crippen molar-refractivity contribution in [1.29, 1.82) is 0 Å². The second-order valence-corrected chi connectivity index (χ2v) is 5.98. The van der Waals surface area contributed by atoms with Crippen molar-refractivity contribution in [2.45, 2.75) is 57.3 Å². The van der Waals surface area contributed by atoms with E-state index >= 15 is 0 Å². The Labute approximate surface area is 115 Å². The molecule has 4 atom stereocenters. The summed E-state index contributed by atoms with van der Waals surface area (Å²) >= 11 is 0. The molecule has 2 fully saturated rings. The van der Waals surface area contributed by atoms with E-state index in [4.69, 9.17) is 4.74 Å². The molecular formula is C15H25N3O. The second-order valence-electron chi connectivity index (χ2n) is 5.98. The fourth-order valence-electron chi connectivity index (χ4n) is 3.73. The minimum Gasteiger partial charge on any atom is -0.375 e. The highest BCUT2D eigenvalue weighted by atomic mass is 16.5. The lowest BCUT2D eigenvalue weighted by atomic mass is 9.82. The summed E-state index contributed by atoms with van der Waals surface area (Å²) in [6.45, 7) is 2.16. The van der Waals surface area contributed by atoms with Crippen LogP contribution < -0.4 is 5.32 Å². The quantitative estimate of drug-likeness (QED) is 0.878. The van der Waals surface area contributed by atoms with E-state index in [-0.39, 0.29) is 0 Å². The van der Waals surface area contributed by atoms with E-state index < -0.39 is 0 Å². The summed E-state index contributed by atoms with van der Waals surface area (Å²) in [5.74, 6) is 0.670. The van der Waals surface area contributed by atoms with Gasteiger partial charge >= 0.3 is 0 Å². The number of hydrogen-bond donors (Lipinski definition) is 1. The smallest absolute Gasteiger partial charge is 0.0624 e. The first-order valence-corrected chi connectivity index (χ1v) is 7.55. The van der Waals surface area contributed by atoms with Gasteiger partial charge in [0.25, 0.3) is 0 Å². The summed E-state index contributed by atoms with van der Waals surface area (Å²) in [6, 6.07) is 2.76. The van der Waals surface area contributed by atoms with Crippen molar-refractivity contribution in [2.75, 3.05) is 7.05 Å². The molecule has 19 heavy (non-hydrogen) atoms. The topological polar surface area (TPSA) is 39.1 Å². The number of nitrogens with one attached hydrogen (secondary N) is 1. The van der Waals surface area contributed by atoms with Gasteiger partial charge in [-0.25, -0.2) is 0 Å². The molecule has 4 nitrogen and oxygen atoms in total. The Hall–Kier alpha value is -0.870. The van der Waals surface area contributed by atoms with Gasteiger partial charge < -0.3 is 10.1 Å². The zero-order valence-electron chi connectivity index (χ0n) is 12.2. The Morgan fingerprint density at radius 2 is 2.37 bits per heavy atom. The van der Waals surface area contributed by atoms with Gasteiger partial charge in [-0.1, -0.05) is 6.92 Å². The molecule has 1 N–H and O–H groups in total. The normalized spacial score (nSPS) is 31.0. The fraction of sp³-hybridized carbons (Fsp3) is 0.800. The van der Waals surface area contributed by atoms with E-state index in [2.05, 4.69) is 37.5 Å². The van der Waals surface area contributed by atoms with Crippen molar-refractivity contribution >= 4 is 0 Å². The molecule has 3 heterocycles. The van der Waals surface area contributed by atoms with Crippen LogP contribution in [-0.4, -0.2) is 35.1 Å². The molecule has 0 spiro atoms. The number of likely N-dealkylation sites (N-methyl/N-ethyl adjacent to an activating group) is 1. The van der Waals surface area contributed by atoms with Gasteiger partial charge in [0.2, 0.25) is 0 Å². The van der Waals surface area contributed by atoms with E-state index in [1.165, 1.54) is 30.7 Å². The maximum Gasteiger partial charge on any atom is 0.0624 e. The molecule has 4 unspecified atom stereocenters. The molecule has 4 heteroatoms. The number of ether oxygens (including phenoxy) is 1. The van der Waals surface area contributed by atoms with Crippen LogP contribution in [0.4, 0.5) is 0 Å². The molecule has 0 aliphatic carbocycles. The number of hydrogen-bond acceptors (Lipinski definition) is 3. The van der Waals surface area contributed by atoms with Crippen LogP contribution in [0.1, 0.15) is 37.6 Å². The monoisotopic (exact) mass is 263 g/mol. The van der Waals surface area contributed by atoms with Gasteiger partial charge in [-0.05, 0) is 38.8 Å². The molecule has 106 valence electrons. The highest BCUT2D eigenvalue weighted by Crippen LogP contribution is 2.40. The first-order chi connectivity index (χ1) is 9.21. The van der Waals surface area contributed by atoms with Crippen LogP contribution >= 0.6 is 0 Å². The molecule has 0 saturated carbocycles. The van der Waals surface area contributed by atoms with Crippen molar-refractivity contribution < 1.29 is 4.74 Å². The minimum absolute atomic E-state index is 0.487. The summed E-state index contributed by atoms with van der Waals surface area (Å²) in [5.41, 5.74) is 2.52. The standard InChI is InChI=1S/C15H25N3O/c1-4-10-7-11(18(3)17-10)8-14(16-2)13-9-12-5-6-15(13)19-12/h7,12-16H,4-6,8-9H2,1-3H3. The third kappa shape index (κ3) is 2.43. The summed E-state index contributed by atoms with van der Waals surface area (Å²) < 4.78 is 8.04. The molecule has 0 radical (unpaired) electrons. The fourth-order valence-corrected chi connectivity index (χ4v) is 3.73. The molecule has 3 rings (SSSR count). The van der Waals surface area contributed by atoms with Crippen LogP contribution in [-0.2, 0) is 24.6 Å². The van der Waals surface area contributed by atoms with Gasteiger partial charge in [0, 0.05) is 31.1 Å². The Bertz CT molecular complexity index is 443. The molecule has 2 bridgehead atoms. The van der Waals surface area contributed by atoms with Crippen LogP contribution in [0.2, 0.25) is 0 Å². The maximum atomic E-state index is 6.00. The summed E-state index contributed by atoms with van der Waals surface area (Å²) in [6.07, 6.45) is 6.83. The summed E-state index contributed by atoms with van der Waals surface area (Å²) in [4.78, 5) is 0. The highest BCUT2D eigenvalue weighted by Gasteiger charge is 2.44. The Morgan fingerprint density at radius 1 is 1.53 bits per heavy atom. The molecule has 2 saturated heterocycles. The molecule has 2 aliphatic rings. The first kappa shape index (κ1) is 13.1. The average molecular weight is 263 g/mol. The lowest BCUT2D eigenvalue weighted by Gasteiger charge is -2.28. The lowest BCUT2D eigenvalue weighted by molar-refractivity contribution is 0.0862. The van der Waals surface area contributed by atoms with Crippen molar-refractivity contribution in [1.82, 2.24) is 15.1 Å². The number of fused-ring (bicyclic) bond motifs is 2. The van der Waals surface area contributed by atoms with Crippen LogP contribution in [0.25, 0.3) is 0 Å². The number of aromatic nitrogens is 2. The Balaban J connectivity index is 1.71. The van der Waals surface area contributed by atoms with Crippen molar-refractivity contribution in [3.8, 4) is 0 Å². The highest BCUT2D eigenvalue weighted by molar-refractivity contribution is 5.12. The van der Waals surface area contributed by atoms with E-state index in [1.54, 1.807) is 0 Å². The minimum atomic E-state index is 0.487. The Morgan fingerprint density at radius 3 is 2.89 bits per heavy atom. The number of aryl methyl sites for hydroxylation is 2. The van der Waals surface area contributed by atoms with E-state index in [0.717, 1.165) is 12.8 Å².